The molecule has 0 bridgehead atoms. The fraction of sp³-hybridized carbons (Fsp3) is 0.333. The van der Waals surface area contributed by atoms with Gasteiger partial charge >= 0.3 is 17.6 Å². The molecule has 0 aliphatic rings. The highest BCUT2D eigenvalue weighted by Crippen LogP contribution is 2.17. The zero-order valence-electron chi connectivity index (χ0n) is 10.4. The molecule has 0 saturated heterocycles. The summed E-state index contributed by atoms with van der Waals surface area (Å²) in [5, 5.41) is 19.7. The van der Waals surface area contributed by atoms with Crippen molar-refractivity contribution in [1.29, 1.82) is 0 Å². The summed E-state index contributed by atoms with van der Waals surface area (Å²) < 4.78 is 2.34. The van der Waals surface area contributed by atoms with E-state index in [4.69, 9.17) is 5.11 Å². The lowest BCUT2D eigenvalue weighted by Crippen LogP contribution is -2.37. The van der Waals surface area contributed by atoms with Crippen molar-refractivity contribution in [1.82, 2.24) is 18.7 Å². The summed E-state index contributed by atoms with van der Waals surface area (Å²) in [6.45, 7) is -0.805. The van der Waals surface area contributed by atoms with E-state index in [0.717, 1.165) is 9.13 Å². The molecule has 20 heavy (non-hydrogen) atoms. The van der Waals surface area contributed by atoms with Gasteiger partial charge in [0, 0.05) is 14.1 Å². The van der Waals surface area contributed by atoms with Crippen molar-refractivity contribution in [3.63, 3.8) is 0 Å². The average molecular weight is 283 g/mol. The normalized spacial score (nSPS) is 10.9. The van der Waals surface area contributed by atoms with E-state index in [0.29, 0.717) is 4.57 Å². The quantitative estimate of drug-likeness (QED) is 0.529. The Bertz CT molecular complexity index is 856. The first-order valence-corrected chi connectivity index (χ1v) is 5.28. The average Bonchev–Trinajstić information content (AvgIpc) is 2.72. The van der Waals surface area contributed by atoms with E-state index >= 15 is 0 Å². The minimum Gasteiger partial charge on any atom is -0.479 e. The number of carbonyl (C=O) groups is 1. The van der Waals surface area contributed by atoms with Crippen molar-refractivity contribution in [2.24, 2.45) is 14.1 Å². The first-order valence-electron chi connectivity index (χ1n) is 5.28. The van der Waals surface area contributed by atoms with Crippen LogP contribution in [0.4, 0.5) is 5.95 Å². The molecule has 0 fully saturated rings. The number of hydrogen-bond donors (Lipinski definition) is 1. The van der Waals surface area contributed by atoms with Crippen molar-refractivity contribution < 1.29 is 14.8 Å². The molecule has 2 heterocycles. The molecule has 0 spiro atoms. The molecule has 0 aliphatic carbocycles. The molecule has 2 aromatic heterocycles. The summed E-state index contributed by atoms with van der Waals surface area (Å²) >= 11 is 0. The molecule has 0 radical (unpaired) electrons. The van der Waals surface area contributed by atoms with Gasteiger partial charge in [0.05, 0.1) is 0 Å². The van der Waals surface area contributed by atoms with Crippen LogP contribution in [-0.4, -0.2) is 34.7 Å². The number of aromatic nitrogens is 4. The van der Waals surface area contributed by atoms with Crippen LogP contribution in [0.3, 0.4) is 0 Å². The molecule has 0 saturated carbocycles. The zero-order valence-corrected chi connectivity index (χ0v) is 10.4. The van der Waals surface area contributed by atoms with Gasteiger partial charge in [-0.3, -0.25) is 13.9 Å². The summed E-state index contributed by atoms with van der Waals surface area (Å²) in [7, 11) is 2.47. The first kappa shape index (κ1) is 13.5. The number of nitrogens with zero attached hydrogens (tertiary/aromatic N) is 5. The number of imidazole rings is 1. The second kappa shape index (κ2) is 4.29. The van der Waals surface area contributed by atoms with E-state index in [9.17, 15) is 24.5 Å². The Morgan fingerprint density at radius 2 is 1.95 bits per heavy atom. The molecule has 11 nitrogen and oxygen atoms in total. The van der Waals surface area contributed by atoms with Crippen molar-refractivity contribution in [2.45, 2.75) is 6.54 Å². The van der Waals surface area contributed by atoms with Crippen LogP contribution in [0.25, 0.3) is 11.2 Å². The molecule has 0 unspecified atom stereocenters. The molecular formula is C9H9N5O6. The Morgan fingerprint density at radius 1 is 1.35 bits per heavy atom. The molecule has 1 N–H and O–H groups in total. The Morgan fingerprint density at radius 3 is 2.45 bits per heavy atom. The van der Waals surface area contributed by atoms with Gasteiger partial charge in [-0.25, -0.2) is 14.2 Å². The van der Waals surface area contributed by atoms with Crippen LogP contribution < -0.4 is 11.2 Å². The highest BCUT2D eigenvalue weighted by atomic mass is 16.6. The van der Waals surface area contributed by atoms with Gasteiger partial charge in [-0.2, -0.15) is 0 Å². The zero-order chi connectivity index (χ0) is 15.2. The van der Waals surface area contributed by atoms with E-state index in [1.54, 1.807) is 0 Å². The SMILES string of the molecule is Cn1c(=O)c2c(nc([N+](=O)[O-])n2CC(=O)O)n(C)c1=O. The minimum atomic E-state index is -1.37. The lowest BCUT2D eigenvalue weighted by molar-refractivity contribution is -0.396. The molecular weight excluding hydrogens is 274 g/mol. The third kappa shape index (κ3) is 1.75. The minimum absolute atomic E-state index is 0.231. The maximum atomic E-state index is 12.0. The van der Waals surface area contributed by atoms with Gasteiger partial charge in [0.25, 0.3) is 11.2 Å². The van der Waals surface area contributed by atoms with Gasteiger partial charge in [0.15, 0.2) is 6.54 Å². The molecule has 11 heteroatoms. The van der Waals surface area contributed by atoms with E-state index < -0.39 is 34.6 Å². The Hall–Kier alpha value is -2.98. The van der Waals surface area contributed by atoms with Crippen LogP contribution in [0, 0.1) is 10.1 Å². The number of carboxylic acid groups (broad SMARTS) is 1. The standard InChI is InChI=1S/C9H9N5O6/c1-11-6-5(7(17)12(2)9(11)18)13(3-4(15)16)8(10-6)14(19)20/h3H2,1-2H3,(H,15,16). The third-order valence-corrected chi connectivity index (χ3v) is 2.78. The highest BCUT2D eigenvalue weighted by Gasteiger charge is 2.29. The number of aliphatic carboxylic acids is 1. The summed E-state index contributed by atoms with van der Waals surface area (Å²) in [6, 6.07) is 0. The van der Waals surface area contributed by atoms with Crippen molar-refractivity contribution in [3.05, 3.63) is 31.0 Å². The second-order valence-corrected chi connectivity index (χ2v) is 4.03. The van der Waals surface area contributed by atoms with Gasteiger partial charge in [0.1, 0.15) is 0 Å². The van der Waals surface area contributed by atoms with Crippen LogP contribution >= 0.6 is 0 Å². The number of aryl methyl sites for hydroxylation is 1. The molecule has 0 aromatic carbocycles. The van der Waals surface area contributed by atoms with E-state index in [1.165, 1.54) is 14.1 Å². The number of carboxylic acids is 1. The number of rotatable bonds is 3. The van der Waals surface area contributed by atoms with E-state index in [2.05, 4.69) is 4.98 Å². The maximum absolute atomic E-state index is 12.0. The van der Waals surface area contributed by atoms with Gasteiger partial charge in [0.2, 0.25) is 5.52 Å². The second-order valence-electron chi connectivity index (χ2n) is 4.03. The van der Waals surface area contributed by atoms with Gasteiger partial charge in [-0.1, -0.05) is 0 Å². The van der Waals surface area contributed by atoms with Crippen LogP contribution in [0.2, 0.25) is 0 Å². The summed E-state index contributed by atoms with van der Waals surface area (Å²) in [5.74, 6) is -2.18. The van der Waals surface area contributed by atoms with Crippen LogP contribution in [-0.2, 0) is 25.4 Å². The number of fused-ring (bicyclic) bond motifs is 1. The third-order valence-electron chi connectivity index (χ3n) is 2.78. The van der Waals surface area contributed by atoms with E-state index in [1.807, 2.05) is 0 Å². The molecule has 2 rings (SSSR count). The fourth-order valence-electron chi connectivity index (χ4n) is 1.86. The topological polar surface area (TPSA) is 142 Å². The Balaban J connectivity index is 3.05. The predicted molar refractivity (Wildman–Crippen MR) is 64.5 cm³/mol. The lowest BCUT2D eigenvalue weighted by atomic mass is 10.5. The number of nitro groups is 1. The van der Waals surface area contributed by atoms with Gasteiger partial charge in [-0.05, 0) is 9.91 Å². The number of hydrogen-bond acceptors (Lipinski definition) is 6. The van der Waals surface area contributed by atoms with Crippen LogP contribution in [0.5, 0.6) is 0 Å². The largest absolute Gasteiger partial charge is 0.479 e. The van der Waals surface area contributed by atoms with Crippen LogP contribution in [0.1, 0.15) is 0 Å². The molecule has 0 amide bonds. The van der Waals surface area contributed by atoms with Crippen LogP contribution in [0.15, 0.2) is 9.59 Å². The van der Waals surface area contributed by atoms with Crippen molar-refractivity contribution in [3.8, 4) is 0 Å². The lowest BCUT2D eigenvalue weighted by Gasteiger charge is -2.01. The molecule has 106 valence electrons. The van der Waals surface area contributed by atoms with E-state index in [-0.39, 0.29) is 11.2 Å². The van der Waals surface area contributed by atoms with Crippen molar-refractivity contribution >= 4 is 23.1 Å². The highest BCUT2D eigenvalue weighted by molar-refractivity contribution is 5.76. The maximum Gasteiger partial charge on any atom is 0.438 e. The van der Waals surface area contributed by atoms with Gasteiger partial charge < -0.3 is 15.2 Å². The fourth-order valence-corrected chi connectivity index (χ4v) is 1.86. The smallest absolute Gasteiger partial charge is 0.438 e. The summed E-state index contributed by atoms with van der Waals surface area (Å²) in [6.07, 6.45) is 0. The Kier molecular flexibility index (Phi) is 2.89. The predicted octanol–water partition coefficient (Wildman–Crippen LogP) is -1.57. The first-order chi connectivity index (χ1) is 9.25. The monoisotopic (exact) mass is 283 g/mol. The Labute approximate surface area is 109 Å². The molecule has 0 aliphatic heterocycles. The van der Waals surface area contributed by atoms with Crippen molar-refractivity contribution in [2.75, 3.05) is 0 Å². The molecule has 0 atom stereocenters. The molecule has 2 aromatic rings. The summed E-state index contributed by atoms with van der Waals surface area (Å²) in [4.78, 5) is 48.1. The summed E-state index contributed by atoms with van der Waals surface area (Å²) in [5.41, 5.74) is -2.09. The van der Waals surface area contributed by atoms with Gasteiger partial charge in [-0.15, -0.1) is 0 Å².